The Morgan fingerprint density at radius 3 is 1.39 bits per heavy atom. The minimum Gasteiger partial charge on any atom is -0.504 e. The van der Waals surface area contributed by atoms with Crippen LogP contribution in [0.2, 0.25) is 0 Å². The number of carbonyl (C=O) groups excluding carboxylic acids is 5. The minimum atomic E-state index is -3.17. The van der Waals surface area contributed by atoms with Gasteiger partial charge in [-0.05, 0) is 30.3 Å². The summed E-state index contributed by atoms with van der Waals surface area (Å²) in [5.41, 5.74) is -19.3. The Kier molecular flexibility index (Phi) is 11.9. The van der Waals surface area contributed by atoms with E-state index in [0.29, 0.717) is 24.3 Å². The Hall–Kier alpha value is -13.0. The molecule has 0 saturated carbocycles. The number of phenolic OH excluding ortho intramolecular Hbond substituents is 19. The first-order valence-electron chi connectivity index (χ1n) is 24.5. The smallest absolute Gasteiger partial charge is 0.348 e. The predicted molar refractivity (Wildman–Crippen MR) is 278 cm³/mol. The van der Waals surface area contributed by atoms with Gasteiger partial charge in [-0.25, -0.2) is 33.6 Å². The SMILES string of the molecule is O=C(O[C@@H]1COC(=O)c2cc(O)c(O)c(O)c2-c2c(cc(O)c(O)c2O)C(=O)O[C@H]1[C@@H]1OC(=O)c2cc(O)c(O)c(O)c2-c2c(O)c(O)c(O)c3c2C(=O)O[C@H]1[C@H]3c1c(O)c(O)c2oc(=O)c3c(O)c(O)cc4oc(=O)c1c2c43)c1cc(O)c(O)c(O)c1. The Morgan fingerprint density at radius 2 is 0.830 bits per heavy atom. The minimum absolute atomic E-state index is 0.242. The summed E-state index contributed by atoms with van der Waals surface area (Å²) in [7, 11) is 0. The summed E-state index contributed by atoms with van der Waals surface area (Å²) in [6.45, 7) is -1.71. The van der Waals surface area contributed by atoms with E-state index in [1.165, 1.54) is 0 Å². The molecule has 9 aromatic rings. The van der Waals surface area contributed by atoms with E-state index in [9.17, 15) is 116 Å². The van der Waals surface area contributed by atoms with Crippen molar-refractivity contribution in [2.45, 2.75) is 30.3 Å². The molecule has 0 amide bonds. The van der Waals surface area contributed by atoms with Crippen LogP contribution in [0.4, 0.5) is 0 Å². The summed E-state index contributed by atoms with van der Waals surface area (Å²) in [5.74, 6) is -41.1. The number of aromatic hydroxyl groups is 19. The molecule has 5 atom stereocenters. The van der Waals surface area contributed by atoms with E-state index in [1.807, 2.05) is 0 Å². The lowest BCUT2D eigenvalue weighted by Gasteiger charge is -2.43. The number of benzene rings is 7. The number of phenols is 19. The van der Waals surface area contributed by atoms with Crippen molar-refractivity contribution in [2.24, 2.45) is 0 Å². The highest BCUT2D eigenvalue weighted by molar-refractivity contribution is 6.23. The van der Waals surface area contributed by atoms with Crippen molar-refractivity contribution in [3.63, 3.8) is 0 Å². The molecule has 450 valence electrons. The molecule has 0 fully saturated rings. The number of esters is 5. The number of hydrogen-bond donors (Lipinski definition) is 19. The molecule has 2 bridgehead atoms. The molecule has 0 unspecified atom stereocenters. The second-order valence-electron chi connectivity index (χ2n) is 19.7. The fourth-order valence-electron chi connectivity index (χ4n) is 11.1. The third kappa shape index (κ3) is 7.55. The zero-order valence-corrected chi connectivity index (χ0v) is 42.8. The molecule has 33 heteroatoms. The quantitative estimate of drug-likeness (QED) is 0.0396. The molecule has 3 aliphatic rings. The topological polar surface area (TPSA) is 576 Å². The number of ether oxygens (including phenoxy) is 5. The van der Waals surface area contributed by atoms with Crippen molar-refractivity contribution in [3.05, 3.63) is 96.2 Å². The maximum atomic E-state index is 15.3. The van der Waals surface area contributed by atoms with Crippen LogP contribution in [0.1, 0.15) is 68.8 Å². The summed E-state index contributed by atoms with van der Waals surface area (Å²) in [6.07, 6.45) is -12.2. The van der Waals surface area contributed by atoms with Crippen LogP contribution < -0.4 is 11.3 Å². The van der Waals surface area contributed by atoms with E-state index in [4.69, 9.17) is 32.5 Å². The molecule has 5 heterocycles. The Bertz CT molecular complexity index is 4850. The lowest BCUT2D eigenvalue weighted by atomic mass is 9.73. The van der Waals surface area contributed by atoms with Gasteiger partial charge < -0.3 is 130 Å². The largest absolute Gasteiger partial charge is 0.504 e. The molecule has 7 aromatic carbocycles. The van der Waals surface area contributed by atoms with Gasteiger partial charge in [0.25, 0.3) is 0 Å². The second-order valence-corrected chi connectivity index (χ2v) is 19.7. The van der Waals surface area contributed by atoms with E-state index < -0.39 is 281 Å². The highest BCUT2D eigenvalue weighted by Crippen LogP contribution is 2.62. The molecule has 2 aromatic heterocycles. The molecule has 33 nitrogen and oxygen atoms in total. The van der Waals surface area contributed by atoms with Gasteiger partial charge in [0.2, 0.25) is 28.7 Å². The average molecular weight is 1220 g/mol. The molecule has 0 saturated heterocycles. The van der Waals surface area contributed by atoms with Crippen molar-refractivity contribution in [3.8, 4) is 131 Å². The fourth-order valence-corrected chi connectivity index (χ4v) is 11.1. The first kappa shape index (κ1) is 55.6. The zero-order chi connectivity index (χ0) is 63.6. The monoisotopic (exact) mass is 1220 g/mol. The first-order chi connectivity index (χ1) is 41.5. The number of carbonyl (C=O) groups is 5. The Balaban J connectivity index is 1.23. The lowest BCUT2D eigenvalue weighted by molar-refractivity contribution is -0.135. The molecule has 19 N–H and O–H groups in total. The average Bonchev–Trinajstić information content (AvgIpc) is 0.711. The van der Waals surface area contributed by atoms with Crippen molar-refractivity contribution in [1.29, 1.82) is 0 Å². The van der Waals surface area contributed by atoms with Gasteiger partial charge in [-0.2, -0.15) is 0 Å². The predicted octanol–water partition coefficient (Wildman–Crippen LogP) is 3.06. The highest BCUT2D eigenvalue weighted by Gasteiger charge is 2.56. The van der Waals surface area contributed by atoms with E-state index in [2.05, 4.69) is 0 Å². The molecule has 0 spiro atoms. The maximum absolute atomic E-state index is 15.3. The summed E-state index contributed by atoms with van der Waals surface area (Å²) in [4.78, 5) is 103. The number of rotatable bonds is 4. The molecule has 0 radical (unpaired) electrons. The maximum Gasteiger partial charge on any atom is 0.348 e. The van der Waals surface area contributed by atoms with Gasteiger partial charge in [-0.3, -0.25) is 0 Å². The van der Waals surface area contributed by atoms with Gasteiger partial charge in [0.05, 0.1) is 39.1 Å². The van der Waals surface area contributed by atoms with Gasteiger partial charge in [-0.1, -0.05) is 0 Å². The van der Waals surface area contributed by atoms with Crippen LogP contribution in [0, 0.1) is 0 Å². The van der Waals surface area contributed by atoms with Crippen LogP contribution in [0.5, 0.6) is 109 Å². The van der Waals surface area contributed by atoms with Crippen molar-refractivity contribution < 1.29 is 154 Å². The summed E-state index contributed by atoms with van der Waals surface area (Å²) < 4.78 is 39.7. The van der Waals surface area contributed by atoms with Gasteiger partial charge in [0, 0.05) is 50.2 Å². The van der Waals surface area contributed by atoms with E-state index in [0.717, 1.165) is 0 Å². The molecule has 88 heavy (non-hydrogen) atoms. The highest BCUT2D eigenvalue weighted by atomic mass is 16.6. The summed E-state index contributed by atoms with van der Waals surface area (Å²) in [5, 5.41) is 209. The summed E-state index contributed by atoms with van der Waals surface area (Å²) in [6, 6.07) is 2.32. The van der Waals surface area contributed by atoms with E-state index in [-0.39, 0.29) is 12.1 Å². The van der Waals surface area contributed by atoms with Gasteiger partial charge in [-0.15, -0.1) is 0 Å². The second kappa shape index (κ2) is 18.8. The third-order valence-corrected chi connectivity index (χ3v) is 15.0. The Labute approximate surface area is 479 Å². The number of hydrogen-bond acceptors (Lipinski definition) is 33. The summed E-state index contributed by atoms with van der Waals surface area (Å²) >= 11 is 0. The van der Waals surface area contributed by atoms with Crippen LogP contribution in [-0.4, -0.2) is 158 Å². The van der Waals surface area contributed by atoms with Gasteiger partial charge in [0.1, 0.15) is 17.6 Å². The Morgan fingerprint density at radius 1 is 0.375 bits per heavy atom. The molecule has 0 aliphatic carbocycles. The number of fused-ring (bicyclic) bond motifs is 7. The van der Waals surface area contributed by atoms with Crippen molar-refractivity contribution in [1.82, 2.24) is 0 Å². The van der Waals surface area contributed by atoms with E-state index in [1.54, 1.807) is 0 Å². The fraction of sp³-hybridized carbons (Fsp3) is 0.109. The van der Waals surface area contributed by atoms with Crippen LogP contribution in [-0.2, 0) is 23.7 Å². The molecular formula is C55H32O33. The van der Waals surface area contributed by atoms with Gasteiger partial charge >= 0.3 is 41.1 Å². The first-order valence-corrected chi connectivity index (χ1v) is 24.5. The van der Waals surface area contributed by atoms with E-state index >= 15 is 14.4 Å². The van der Waals surface area contributed by atoms with Crippen LogP contribution in [0.25, 0.3) is 55.0 Å². The molecule has 12 rings (SSSR count). The zero-order valence-electron chi connectivity index (χ0n) is 42.8. The van der Waals surface area contributed by atoms with Crippen LogP contribution in [0.3, 0.4) is 0 Å². The van der Waals surface area contributed by atoms with Gasteiger partial charge in [0.15, 0.2) is 110 Å². The molecule has 3 aliphatic heterocycles. The lowest BCUT2D eigenvalue weighted by Crippen LogP contribution is -2.56. The third-order valence-electron chi connectivity index (χ3n) is 15.0. The normalized spacial score (nSPS) is 18.2. The van der Waals surface area contributed by atoms with Crippen LogP contribution >= 0.6 is 0 Å². The number of cyclic esters (lactones) is 3. The van der Waals surface area contributed by atoms with Crippen LogP contribution in [0.15, 0.2) is 54.8 Å². The van der Waals surface area contributed by atoms with Crippen molar-refractivity contribution in [2.75, 3.05) is 6.61 Å². The standard InChI is InChI=1S/C55H32O33/c56-12-1-8(2-13(57)32(12)62)49(75)84-19-7-82-50(76)9-3-14(58)34(64)37(67)20(9)21-10(4-15(59)35(65)38(21)68)51(77)85-45(19)48-47-28(26-30-27-23-18(83-53(30)79)6-17(61)33(63)31(23)55(81)86-46(27)44(74)42(26)72)25-29(54(80)87-47)24(40(70)43(73)41(25)71)22-11(52(78)88-48)5-16(60)36(66)39(22)69/h1-6,19,28,45,47-48,56-74H,7H2/t19-,28-,45-,47+,48+/m1/s1. The van der Waals surface area contributed by atoms with Crippen molar-refractivity contribution >= 4 is 62.6 Å². The molecular weight excluding hydrogens is 1190 g/mol.